The summed E-state index contributed by atoms with van der Waals surface area (Å²) in [4.78, 5) is 1.57. The molecular weight excluding hydrogens is 358 g/mol. The number of rotatable bonds is 10. The van der Waals surface area contributed by atoms with E-state index in [-0.39, 0.29) is 5.41 Å². The van der Waals surface area contributed by atoms with Gasteiger partial charge in [0, 0.05) is 5.56 Å². The highest BCUT2D eigenvalue weighted by Gasteiger charge is 2.26. The summed E-state index contributed by atoms with van der Waals surface area (Å²) in [5.74, 6) is 0.295. The van der Waals surface area contributed by atoms with Gasteiger partial charge >= 0.3 is 0 Å². The first-order chi connectivity index (χ1) is 13.9. The maximum Gasteiger partial charge on any atom is 0.146 e. The summed E-state index contributed by atoms with van der Waals surface area (Å²) in [6.07, 6.45) is 10.2. The second-order valence-electron chi connectivity index (χ2n) is 8.91. The van der Waals surface area contributed by atoms with Gasteiger partial charge in [-0.2, -0.15) is 0 Å². The molecule has 29 heavy (non-hydrogen) atoms. The average molecular weight is 394 g/mol. The number of fused-ring (bicyclic) bond motifs is 1. The van der Waals surface area contributed by atoms with Crippen LogP contribution in [0, 0.1) is 6.92 Å². The summed E-state index contributed by atoms with van der Waals surface area (Å²) in [5, 5.41) is 20.3. The lowest BCUT2D eigenvalue weighted by Gasteiger charge is -2.27. The van der Waals surface area contributed by atoms with E-state index >= 15 is 0 Å². The van der Waals surface area contributed by atoms with Crippen LogP contribution in [0.4, 0.5) is 0 Å². The van der Waals surface area contributed by atoms with Gasteiger partial charge in [-0.1, -0.05) is 83.9 Å². The molecule has 0 amide bonds. The zero-order chi connectivity index (χ0) is 20.9. The SMILES string of the molecule is CCCCCCCCCC(C)(C)c1cc(C)cc(-n2nc3ccccc3n2)c1O. The number of hydrogen-bond acceptors (Lipinski definition) is 3. The summed E-state index contributed by atoms with van der Waals surface area (Å²) in [7, 11) is 0. The Hall–Kier alpha value is -2.36. The second kappa shape index (κ2) is 9.43. The Morgan fingerprint density at radius 2 is 1.48 bits per heavy atom. The monoisotopic (exact) mass is 393 g/mol. The van der Waals surface area contributed by atoms with E-state index < -0.39 is 0 Å². The Kier molecular flexibility index (Phi) is 6.94. The Bertz CT molecular complexity index is 909. The molecule has 0 saturated carbocycles. The minimum Gasteiger partial charge on any atom is -0.505 e. The van der Waals surface area contributed by atoms with Gasteiger partial charge < -0.3 is 5.11 Å². The van der Waals surface area contributed by atoms with Gasteiger partial charge in [-0.15, -0.1) is 15.0 Å². The van der Waals surface area contributed by atoms with Crippen LogP contribution in [-0.4, -0.2) is 20.1 Å². The van der Waals surface area contributed by atoms with Crippen LogP contribution in [-0.2, 0) is 5.41 Å². The van der Waals surface area contributed by atoms with Gasteiger partial charge in [-0.05, 0) is 42.5 Å². The van der Waals surface area contributed by atoms with E-state index in [9.17, 15) is 5.11 Å². The molecule has 0 unspecified atom stereocenters. The van der Waals surface area contributed by atoms with E-state index in [0.717, 1.165) is 28.6 Å². The molecule has 0 aliphatic heterocycles. The molecule has 0 aliphatic rings. The minimum absolute atomic E-state index is 0.0964. The number of phenols is 1. The summed E-state index contributed by atoms with van der Waals surface area (Å²) < 4.78 is 0. The fourth-order valence-electron chi connectivity index (χ4n) is 4.05. The fourth-order valence-corrected chi connectivity index (χ4v) is 4.05. The molecule has 0 saturated heterocycles. The van der Waals surface area contributed by atoms with Gasteiger partial charge in [-0.3, -0.25) is 0 Å². The predicted octanol–water partition coefficient (Wildman–Crippen LogP) is 6.85. The molecule has 0 bridgehead atoms. The summed E-state index contributed by atoms with van der Waals surface area (Å²) in [6.45, 7) is 8.79. The summed E-state index contributed by atoms with van der Waals surface area (Å²) in [6, 6.07) is 11.9. The highest BCUT2D eigenvalue weighted by molar-refractivity contribution is 5.73. The molecule has 0 atom stereocenters. The molecule has 1 heterocycles. The quantitative estimate of drug-likeness (QED) is 0.383. The Labute approximate surface area is 175 Å². The number of hydrogen-bond donors (Lipinski definition) is 1. The van der Waals surface area contributed by atoms with Gasteiger partial charge in [0.05, 0.1) is 0 Å². The fraction of sp³-hybridized carbons (Fsp3) is 0.520. The Morgan fingerprint density at radius 3 is 2.10 bits per heavy atom. The molecular formula is C25H35N3O. The molecule has 3 aromatic rings. The van der Waals surface area contributed by atoms with Gasteiger partial charge in [0.1, 0.15) is 22.5 Å². The van der Waals surface area contributed by atoms with Gasteiger partial charge in [0.25, 0.3) is 0 Å². The second-order valence-corrected chi connectivity index (χ2v) is 8.91. The molecule has 156 valence electrons. The van der Waals surface area contributed by atoms with Crippen LogP contribution in [0.25, 0.3) is 16.7 Å². The third kappa shape index (κ3) is 5.17. The molecule has 0 aliphatic carbocycles. The molecule has 2 aromatic carbocycles. The molecule has 0 radical (unpaired) electrons. The van der Waals surface area contributed by atoms with Crippen LogP contribution in [0.15, 0.2) is 36.4 Å². The smallest absolute Gasteiger partial charge is 0.146 e. The van der Waals surface area contributed by atoms with Crippen LogP contribution >= 0.6 is 0 Å². The maximum absolute atomic E-state index is 11.1. The number of unbranched alkanes of at least 4 members (excludes halogenated alkanes) is 6. The predicted molar refractivity (Wildman–Crippen MR) is 121 cm³/mol. The number of nitrogens with zero attached hydrogens (tertiary/aromatic N) is 3. The van der Waals surface area contributed by atoms with Crippen LogP contribution in [0.1, 0.15) is 83.3 Å². The number of aromatic nitrogens is 3. The lowest BCUT2D eigenvalue weighted by Crippen LogP contribution is -2.18. The van der Waals surface area contributed by atoms with E-state index in [4.69, 9.17) is 0 Å². The third-order valence-electron chi connectivity index (χ3n) is 5.87. The Balaban J connectivity index is 1.77. The van der Waals surface area contributed by atoms with Crippen molar-refractivity contribution in [2.45, 2.75) is 84.5 Å². The van der Waals surface area contributed by atoms with E-state index in [1.807, 2.05) is 30.3 Å². The van der Waals surface area contributed by atoms with Gasteiger partial charge in [-0.25, -0.2) is 0 Å². The molecule has 1 N–H and O–H groups in total. The third-order valence-corrected chi connectivity index (χ3v) is 5.87. The highest BCUT2D eigenvalue weighted by Crippen LogP contribution is 2.39. The first-order valence-electron chi connectivity index (χ1n) is 11.1. The molecule has 0 spiro atoms. The van der Waals surface area contributed by atoms with Gasteiger partial charge in [0.2, 0.25) is 0 Å². The zero-order valence-electron chi connectivity index (χ0n) is 18.4. The standard InChI is InChI=1S/C25H35N3O/c1-5-6-7-8-9-10-13-16-25(3,4)20-17-19(2)18-23(24(20)29)28-26-21-14-11-12-15-22(21)27-28/h11-12,14-15,17-18,29H,5-10,13,16H2,1-4H3. The average Bonchev–Trinajstić information content (AvgIpc) is 3.12. The van der Waals surface area contributed by atoms with Crippen molar-refractivity contribution < 1.29 is 5.11 Å². The molecule has 0 fully saturated rings. The van der Waals surface area contributed by atoms with E-state index in [1.165, 1.54) is 44.9 Å². The van der Waals surface area contributed by atoms with E-state index in [2.05, 4.69) is 44.0 Å². The topological polar surface area (TPSA) is 50.9 Å². The van der Waals surface area contributed by atoms with Crippen LogP contribution in [0.5, 0.6) is 5.75 Å². The largest absolute Gasteiger partial charge is 0.505 e. The van der Waals surface area contributed by atoms with Crippen molar-refractivity contribution in [3.8, 4) is 11.4 Å². The van der Waals surface area contributed by atoms with Crippen molar-refractivity contribution in [2.24, 2.45) is 0 Å². The highest BCUT2D eigenvalue weighted by atomic mass is 16.3. The first kappa shape index (κ1) is 21.4. The van der Waals surface area contributed by atoms with E-state index in [1.54, 1.807) is 4.80 Å². The Morgan fingerprint density at radius 1 is 0.897 bits per heavy atom. The van der Waals surface area contributed by atoms with E-state index in [0.29, 0.717) is 11.4 Å². The normalized spacial score (nSPS) is 12.0. The van der Waals surface area contributed by atoms with Crippen molar-refractivity contribution in [1.29, 1.82) is 0 Å². The number of aryl methyl sites for hydroxylation is 1. The van der Waals surface area contributed by atoms with Crippen molar-refractivity contribution >= 4 is 11.0 Å². The zero-order valence-corrected chi connectivity index (χ0v) is 18.4. The van der Waals surface area contributed by atoms with Crippen LogP contribution < -0.4 is 0 Å². The van der Waals surface area contributed by atoms with Crippen LogP contribution in [0.3, 0.4) is 0 Å². The number of phenolic OH excluding ortho intramolecular Hbond substituents is 1. The lowest BCUT2D eigenvalue weighted by molar-refractivity contribution is 0.401. The van der Waals surface area contributed by atoms with Crippen molar-refractivity contribution in [2.75, 3.05) is 0 Å². The molecule has 1 aromatic heterocycles. The number of aromatic hydroxyl groups is 1. The van der Waals surface area contributed by atoms with Crippen molar-refractivity contribution in [3.63, 3.8) is 0 Å². The maximum atomic E-state index is 11.1. The molecule has 4 nitrogen and oxygen atoms in total. The van der Waals surface area contributed by atoms with Gasteiger partial charge in [0.15, 0.2) is 0 Å². The molecule has 3 rings (SSSR count). The minimum atomic E-state index is -0.0964. The summed E-state index contributed by atoms with van der Waals surface area (Å²) in [5.41, 5.74) is 4.32. The van der Waals surface area contributed by atoms with Crippen LogP contribution in [0.2, 0.25) is 0 Å². The summed E-state index contributed by atoms with van der Waals surface area (Å²) >= 11 is 0. The lowest BCUT2D eigenvalue weighted by atomic mass is 9.78. The number of benzene rings is 2. The van der Waals surface area contributed by atoms with Crippen molar-refractivity contribution in [3.05, 3.63) is 47.5 Å². The van der Waals surface area contributed by atoms with Crippen molar-refractivity contribution in [1.82, 2.24) is 15.0 Å². The first-order valence-corrected chi connectivity index (χ1v) is 11.1. The molecule has 4 heteroatoms.